The number of nitro groups is 1. The molecule has 0 atom stereocenters. The van der Waals surface area contributed by atoms with Crippen molar-refractivity contribution in [1.29, 1.82) is 0 Å². The van der Waals surface area contributed by atoms with Gasteiger partial charge in [-0.1, -0.05) is 15.9 Å². The summed E-state index contributed by atoms with van der Waals surface area (Å²) >= 11 is 3.24. The third kappa shape index (κ3) is 3.00. The third-order valence-electron chi connectivity index (χ3n) is 3.01. The van der Waals surface area contributed by atoms with Crippen LogP contribution in [0.3, 0.4) is 0 Å². The SMILES string of the molecule is CCOC1CC(Nc2ccc(Br)cc2[N+](=O)[O-])C1. The lowest BCUT2D eigenvalue weighted by Gasteiger charge is -2.35. The summed E-state index contributed by atoms with van der Waals surface area (Å²) in [5, 5.41) is 14.2. The lowest BCUT2D eigenvalue weighted by atomic mass is 9.89. The Hall–Kier alpha value is -1.14. The number of halogens is 1. The maximum absolute atomic E-state index is 10.9. The molecule has 0 aromatic heterocycles. The van der Waals surface area contributed by atoms with Gasteiger partial charge in [-0.3, -0.25) is 10.1 Å². The van der Waals surface area contributed by atoms with Gasteiger partial charge in [0.1, 0.15) is 5.69 Å². The van der Waals surface area contributed by atoms with Crippen molar-refractivity contribution in [2.75, 3.05) is 11.9 Å². The highest BCUT2D eigenvalue weighted by Crippen LogP contribution is 2.32. The Morgan fingerprint density at radius 3 is 2.89 bits per heavy atom. The van der Waals surface area contributed by atoms with Crippen molar-refractivity contribution in [3.8, 4) is 0 Å². The van der Waals surface area contributed by atoms with Gasteiger partial charge in [-0.25, -0.2) is 0 Å². The number of nitrogens with one attached hydrogen (secondary N) is 1. The second-order valence-corrected chi connectivity index (χ2v) is 5.22. The summed E-state index contributed by atoms with van der Waals surface area (Å²) < 4.78 is 6.17. The molecule has 1 saturated carbocycles. The first-order chi connectivity index (χ1) is 8.60. The highest BCUT2D eigenvalue weighted by molar-refractivity contribution is 9.10. The van der Waals surface area contributed by atoms with Gasteiger partial charge in [-0.05, 0) is 31.9 Å². The van der Waals surface area contributed by atoms with E-state index < -0.39 is 0 Å². The Morgan fingerprint density at radius 2 is 2.28 bits per heavy atom. The number of anilines is 1. The number of benzene rings is 1. The molecule has 1 N–H and O–H groups in total. The van der Waals surface area contributed by atoms with Crippen molar-refractivity contribution in [3.63, 3.8) is 0 Å². The van der Waals surface area contributed by atoms with Crippen molar-refractivity contribution in [2.45, 2.75) is 31.9 Å². The molecular weight excluding hydrogens is 300 g/mol. The minimum absolute atomic E-state index is 0.101. The zero-order chi connectivity index (χ0) is 13.1. The van der Waals surface area contributed by atoms with Crippen molar-refractivity contribution in [3.05, 3.63) is 32.8 Å². The van der Waals surface area contributed by atoms with E-state index in [4.69, 9.17) is 4.74 Å². The van der Waals surface area contributed by atoms with Crippen LogP contribution < -0.4 is 5.32 Å². The predicted octanol–water partition coefficient (Wildman–Crippen LogP) is 3.34. The van der Waals surface area contributed by atoms with Crippen molar-refractivity contribution >= 4 is 27.3 Å². The Labute approximate surface area is 114 Å². The summed E-state index contributed by atoms with van der Waals surface area (Å²) in [7, 11) is 0. The average molecular weight is 315 g/mol. The quantitative estimate of drug-likeness (QED) is 0.668. The van der Waals surface area contributed by atoms with Gasteiger partial charge < -0.3 is 10.1 Å². The maximum Gasteiger partial charge on any atom is 0.293 e. The lowest BCUT2D eigenvalue weighted by molar-refractivity contribution is -0.384. The Kier molecular flexibility index (Phi) is 4.19. The largest absolute Gasteiger partial charge is 0.378 e. The first kappa shape index (κ1) is 13.3. The standard InChI is InChI=1S/C12H15BrN2O3/c1-2-18-10-6-9(7-10)14-11-4-3-8(13)5-12(11)15(16)17/h3-5,9-10,14H,2,6-7H2,1H3. The first-order valence-electron chi connectivity index (χ1n) is 5.92. The number of nitro benzene ring substituents is 1. The number of rotatable bonds is 5. The van der Waals surface area contributed by atoms with E-state index in [0.717, 1.165) is 19.4 Å². The molecule has 98 valence electrons. The van der Waals surface area contributed by atoms with Gasteiger partial charge in [0.25, 0.3) is 5.69 Å². The molecule has 0 aliphatic heterocycles. The summed E-state index contributed by atoms with van der Waals surface area (Å²) in [6.45, 7) is 2.69. The molecule has 1 aliphatic rings. The van der Waals surface area contributed by atoms with Crippen LogP contribution in [0.1, 0.15) is 19.8 Å². The molecule has 1 aliphatic carbocycles. The van der Waals surface area contributed by atoms with E-state index in [2.05, 4.69) is 21.2 Å². The number of hydrogen-bond acceptors (Lipinski definition) is 4. The van der Waals surface area contributed by atoms with Crippen LogP contribution in [0.2, 0.25) is 0 Å². The second kappa shape index (κ2) is 5.67. The maximum atomic E-state index is 10.9. The van der Waals surface area contributed by atoms with Crippen LogP contribution in [0.15, 0.2) is 22.7 Å². The van der Waals surface area contributed by atoms with Gasteiger partial charge in [0.2, 0.25) is 0 Å². The van der Waals surface area contributed by atoms with Crippen molar-refractivity contribution < 1.29 is 9.66 Å². The highest BCUT2D eigenvalue weighted by Gasteiger charge is 2.30. The normalized spacial score (nSPS) is 22.3. The van der Waals surface area contributed by atoms with Crippen LogP contribution in [0.5, 0.6) is 0 Å². The zero-order valence-electron chi connectivity index (χ0n) is 10.1. The molecular formula is C12H15BrN2O3. The van der Waals surface area contributed by atoms with Crippen LogP contribution >= 0.6 is 15.9 Å². The van der Waals surface area contributed by atoms with E-state index in [0.29, 0.717) is 16.3 Å². The van der Waals surface area contributed by atoms with Crippen LogP contribution in [-0.2, 0) is 4.74 Å². The van der Waals surface area contributed by atoms with E-state index in [9.17, 15) is 10.1 Å². The monoisotopic (exact) mass is 314 g/mol. The zero-order valence-corrected chi connectivity index (χ0v) is 11.6. The smallest absolute Gasteiger partial charge is 0.293 e. The van der Waals surface area contributed by atoms with E-state index >= 15 is 0 Å². The van der Waals surface area contributed by atoms with Gasteiger partial charge in [-0.15, -0.1) is 0 Å². The predicted molar refractivity (Wildman–Crippen MR) is 72.9 cm³/mol. The fraction of sp³-hybridized carbons (Fsp3) is 0.500. The summed E-state index contributed by atoms with van der Waals surface area (Å²) in [6.07, 6.45) is 2.10. The average Bonchev–Trinajstić information content (AvgIpc) is 2.28. The molecule has 0 bridgehead atoms. The molecule has 0 spiro atoms. The Balaban J connectivity index is 2.00. The molecule has 0 radical (unpaired) electrons. The highest BCUT2D eigenvalue weighted by atomic mass is 79.9. The second-order valence-electron chi connectivity index (χ2n) is 4.31. The van der Waals surface area contributed by atoms with Gasteiger partial charge in [-0.2, -0.15) is 0 Å². The van der Waals surface area contributed by atoms with Crippen molar-refractivity contribution in [2.24, 2.45) is 0 Å². The van der Waals surface area contributed by atoms with Crippen molar-refractivity contribution in [1.82, 2.24) is 0 Å². The Bertz CT molecular complexity index is 447. The molecule has 1 fully saturated rings. The van der Waals surface area contributed by atoms with E-state index in [1.54, 1.807) is 12.1 Å². The van der Waals surface area contributed by atoms with Crippen LogP contribution in [0.4, 0.5) is 11.4 Å². The summed E-state index contributed by atoms with van der Waals surface area (Å²) in [5.74, 6) is 0. The van der Waals surface area contributed by atoms with E-state index in [1.807, 2.05) is 6.92 Å². The van der Waals surface area contributed by atoms with Gasteiger partial charge in [0.05, 0.1) is 11.0 Å². The Morgan fingerprint density at radius 1 is 1.56 bits per heavy atom. The molecule has 0 heterocycles. The molecule has 0 amide bonds. The lowest BCUT2D eigenvalue weighted by Crippen LogP contribution is -2.40. The fourth-order valence-corrected chi connectivity index (χ4v) is 2.40. The molecule has 6 heteroatoms. The molecule has 1 aromatic carbocycles. The molecule has 1 aromatic rings. The molecule has 2 rings (SSSR count). The van der Waals surface area contributed by atoms with E-state index in [1.165, 1.54) is 6.07 Å². The van der Waals surface area contributed by atoms with Gasteiger partial charge in [0, 0.05) is 23.2 Å². The first-order valence-corrected chi connectivity index (χ1v) is 6.71. The number of nitrogens with zero attached hydrogens (tertiary/aromatic N) is 1. The third-order valence-corrected chi connectivity index (χ3v) is 3.51. The van der Waals surface area contributed by atoms with E-state index in [-0.39, 0.29) is 16.7 Å². The topological polar surface area (TPSA) is 64.4 Å². The molecule has 0 saturated heterocycles. The number of hydrogen-bond donors (Lipinski definition) is 1. The fourth-order valence-electron chi connectivity index (χ4n) is 2.05. The summed E-state index contributed by atoms with van der Waals surface area (Å²) in [5.41, 5.74) is 0.674. The number of ether oxygens (including phenoxy) is 1. The minimum Gasteiger partial charge on any atom is -0.378 e. The summed E-state index contributed by atoms with van der Waals surface area (Å²) in [6, 6.07) is 5.31. The molecule has 0 unspecified atom stereocenters. The van der Waals surface area contributed by atoms with Crippen LogP contribution in [0, 0.1) is 10.1 Å². The minimum atomic E-state index is -0.369. The van der Waals surface area contributed by atoms with Crippen LogP contribution in [-0.4, -0.2) is 23.7 Å². The molecule has 5 nitrogen and oxygen atoms in total. The summed E-state index contributed by atoms with van der Waals surface area (Å²) in [4.78, 5) is 10.6. The van der Waals surface area contributed by atoms with Gasteiger partial charge >= 0.3 is 0 Å². The molecule has 18 heavy (non-hydrogen) atoms. The van der Waals surface area contributed by atoms with Gasteiger partial charge in [0.15, 0.2) is 0 Å². The van der Waals surface area contributed by atoms with Crippen LogP contribution in [0.25, 0.3) is 0 Å².